The van der Waals surface area contributed by atoms with E-state index in [4.69, 9.17) is 17.3 Å². The van der Waals surface area contributed by atoms with E-state index in [0.29, 0.717) is 16.7 Å². The molecule has 132 valence electrons. The summed E-state index contributed by atoms with van der Waals surface area (Å²) in [6, 6.07) is 13.7. The fraction of sp³-hybridized carbons (Fsp3) is 0. The number of nitrogens with zero attached hydrogens (tertiary/aromatic N) is 3. The van der Waals surface area contributed by atoms with E-state index in [2.05, 4.69) is 38.0 Å². The normalized spacial score (nSPS) is 11.3. The van der Waals surface area contributed by atoms with E-state index in [9.17, 15) is 0 Å². The van der Waals surface area contributed by atoms with Crippen molar-refractivity contribution in [2.45, 2.75) is 0 Å². The Morgan fingerprint density at radius 2 is 1.85 bits per heavy atom. The Balaban J connectivity index is 1.68. The van der Waals surface area contributed by atoms with Gasteiger partial charge >= 0.3 is 0 Å². The van der Waals surface area contributed by atoms with Crippen LogP contribution in [0.4, 0.5) is 17.3 Å². The molecule has 0 fully saturated rings. The minimum Gasteiger partial charge on any atom is -0.381 e. The number of aromatic nitrogens is 3. The zero-order chi connectivity index (χ0) is 18.4. The summed E-state index contributed by atoms with van der Waals surface area (Å²) in [6.07, 6.45) is 0. The molecule has 0 amide bonds. The number of hydrogen-bond acceptors (Lipinski definition) is 7. The Labute approximate surface area is 167 Å². The Morgan fingerprint density at radius 1 is 1.00 bits per heavy atom. The third-order valence-electron chi connectivity index (χ3n) is 4.27. The van der Waals surface area contributed by atoms with E-state index in [1.807, 2.05) is 35.8 Å². The molecule has 0 aliphatic rings. The van der Waals surface area contributed by atoms with Crippen LogP contribution in [0.15, 0.2) is 53.4 Å². The highest BCUT2D eigenvalue weighted by atomic mass is 35.5. The number of hydrogen-bond donors (Lipinski definition) is 2. The lowest BCUT2D eigenvalue weighted by Gasteiger charge is -2.09. The molecule has 8 heteroatoms. The Bertz CT molecular complexity index is 1280. The summed E-state index contributed by atoms with van der Waals surface area (Å²) in [5.41, 5.74) is 12.0. The van der Waals surface area contributed by atoms with Crippen molar-refractivity contribution >= 4 is 71.9 Å². The number of rotatable bonds is 3. The lowest BCUT2D eigenvalue weighted by atomic mass is 10.1. The van der Waals surface area contributed by atoms with E-state index >= 15 is 0 Å². The van der Waals surface area contributed by atoms with Gasteiger partial charge in [-0.25, -0.2) is 4.98 Å². The molecular formula is C19H12ClN5S2. The molecule has 3 aromatic heterocycles. The van der Waals surface area contributed by atoms with Gasteiger partial charge in [0, 0.05) is 27.0 Å². The predicted molar refractivity (Wildman–Crippen MR) is 115 cm³/mol. The van der Waals surface area contributed by atoms with Crippen LogP contribution in [0, 0.1) is 0 Å². The molecule has 0 bridgehead atoms. The summed E-state index contributed by atoms with van der Waals surface area (Å²) in [5, 5.41) is 15.5. The molecule has 0 atom stereocenters. The fourth-order valence-corrected chi connectivity index (χ4v) is 4.79. The average molecular weight is 410 g/mol. The highest BCUT2D eigenvalue weighted by molar-refractivity contribution is 7.18. The third kappa shape index (κ3) is 2.90. The van der Waals surface area contributed by atoms with Crippen LogP contribution in [0.3, 0.4) is 0 Å². The van der Waals surface area contributed by atoms with Gasteiger partial charge in [0.15, 0.2) is 11.6 Å². The van der Waals surface area contributed by atoms with Gasteiger partial charge in [-0.2, -0.15) is 0 Å². The van der Waals surface area contributed by atoms with Crippen LogP contribution in [-0.4, -0.2) is 15.2 Å². The summed E-state index contributed by atoms with van der Waals surface area (Å²) in [5.74, 6) is 1.10. The second-order valence-corrected chi connectivity index (χ2v) is 8.16. The molecule has 2 aromatic carbocycles. The van der Waals surface area contributed by atoms with Crippen molar-refractivity contribution in [2.24, 2.45) is 0 Å². The molecule has 5 aromatic rings. The van der Waals surface area contributed by atoms with Crippen LogP contribution in [-0.2, 0) is 0 Å². The molecule has 3 heterocycles. The molecule has 0 saturated heterocycles. The quantitative estimate of drug-likeness (QED) is 0.385. The van der Waals surface area contributed by atoms with Gasteiger partial charge in [-0.15, -0.1) is 32.9 Å². The van der Waals surface area contributed by atoms with Gasteiger partial charge in [-0.3, -0.25) is 0 Å². The van der Waals surface area contributed by atoms with Crippen LogP contribution >= 0.6 is 34.3 Å². The third-order valence-corrected chi connectivity index (χ3v) is 6.31. The second kappa shape index (κ2) is 6.45. The Kier molecular flexibility index (Phi) is 3.93. The van der Waals surface area contributed by atoms with Gasteiger partial charge in [0.1, 0.15) is 0 Å². The number of nitrogens with two attached hydrogens (primary N) is 1. The lowest BCUT2D eigenvalue weighted by molar-refractivity contribution is 1.07. The fourth-order valence-electron chi connectivity index (χ4n) is 2.97. The molecule has 5 nitrogen and oxygen atoms in total. The number of fused-ring (bicyclic) bond motifs is 2. The first-order valence-electron chi connectivity index (χ1n) is 8.08. The van der Waals surface area contributed by atoms with Gasteiger partial charge in [0.2, 0.25) is 0 Å². The topological polar surface area (TPSA) is 76.7 Å². The molecule has 27 heavy (non-hydrogen) atoms. The largest absolute Gasteiger partial charge is 0.381 e. The van der Waals surface area contributed by atoms with Crippen molar-refractivity contribution in [2.75, 3.05) is 11.1 Å². The van der Waals surface area contributed by atoms with Gasteiger partial charge in [-0.1, -0.05) is 17.7 Å². The van der Waals surface area contributed by atoms with Crippen LogP contribution in [0.25, 0.3) is 31.4 Å². The summed E-state index contributed by atoms with van der Waals surface area (Å²) >= 11 is 9.18. The summed E-state index contributed by atoms with van der Waals surface area (Å²) < 4.78 is 2.06. The first-order valence-corrected chi connectivity index (χ1v) is 10.2. The van der Waals surface area contributed by atoms with Crippen molar-refractivity contribution in [3.8, 4) is 11.1 Å². The highest BCUT2D eigenvalue weighted by Gasteiger charge is 2.16. The molecule has 0 aliphatic carbocycles. The van der Waals surface area contributed by atoms with Crippen molar-refractivity contribution in [1.29, 1.82) is 0 Å². The molecular weight excluding hydrogens is 398 g/mol. The SMILES string of the molecule is Nc1nnc(Nc2ccc(Cl)cc2)c2c(-c3ccc4ncsc4c3)csc12. The second-order valence-electron chi connectivity index (χ2n) is 5.95. The Hall–Kier alpha value is -2.74. The molecule has 0 unspecified atom stereocenters. The summed E-state index contributed by atoms with van der Waals surface area (Å²) in [4.78, 5) is 4.35. The molecule has 0 saturated carbocycles. The van der Waals surface area contributed by atoms with Crippen LogP contribution in [0.2, 0.25) is 5.02 Å². The maximum Gasteiger partial charge on any atom is 0.164 e. The van der Waals surface area contributed by atoms with E-state index < -0.39 is 0 Å². The number of thiazole rings is 1. The number of halogens is 1. The standard InChI is InChI=1S/C19H12ClN5S2/c20-11-2-4-12(5-3-11)23-19-16-13(8-26-17(16)18(21)24-25-19)10-1-6-14-15(7-10)27-9-22-14/h1-9H,(H2,21,24)(H,23,25). The number of nitrogen functional groups attached to an aromatic ring is 1. The Morgan fingerprint density at radius 3 is 2.70 bits per heavy atom. The van der Waals surface area contributed by atoms with Crippen molar-refractivity contribution in [1.82, 2.24) is 15.2 Å². The van der Waals surface area contributed by atoms with E-state index in [-0.39, 0.29) is 0 Å². The zero-order valence-corrected chi connectivity index (χ0v) is 16.2. The first-order chi connectivity index (χ1) is 13.2. The van der Waals surface area contributed by atoms with Crippen molar-refractivity contribution < 1.29 is 0 Å². The maximum atomic E-state index is 6.09. The van der Waals surface area contributed by atoms with Gasteiger partial charge in [0.25, 0.3) is 0 Å². The molecule has 3 N–H and O–H groups in total. The van der Waals surface area contributed by atoms with Crippen LogP contribution in [0.1, 0.15) is 0 Å². The highest BCUT2D eigenvalue weighted by Crippen LogP contribution is 2.41. The van der Waals surface area contributed by atoms with Crippen LogP contribution in [0.5, 0.6) is 0 Å². The van der Waals surface area contributed by atoms with Gasteiger partial charge in [-0.05, 0) is 42.0 Å². The van der Waals surface area contributed by atoms with Gasteiger partial charge < -0.3 is 11.1 Å². The molecule has 5 rings (SSSR count). The van der Waals surface area contributed by atoms with Crippen molar-refractivity contribution in [3.63, 3.8) is 0 Å². The molecule has 0 spiro atoms. The smallest absolute Gasteiger partial charge is 0.164 e. The zero-order valence-electron chi connectivity index (χ0n) is 13.8. The predicted octanol–water partition coefficient (Wildman–Crippen LogP) is 5.95. The minimum atomic E-state index is 0.432. The van der Waals surface area contributed by atoms with Crippen LogP contribution < -0.4 is 11.1 Å². The van der Waals surface area contributed by atoms with E-state index in [0.717, 1.165) is 37.1 Å². The van der Waals surface area contributed by atoms with Gasteiger partial charge in [0.05, 0.1) is 20.4 Å². The number of benzene rings is 2. The maximum absolute atomic E-state index is 6.09. The van der Waals surface area contributed by atoms with E-state index in [1.165, 1.54) is 0 Å². The number of thiophene rings is 1. The average Bonchev–Trinajstić information content (AvgIpc) is 3.32. The number of anilines is 3. The number of nitrogens with one attached hydrogen (secondary N) is 1. The van der Waals surface area contributed by atoms with Crippen molar-refractivity contribution in [3.05, 3.63) is 58.4 Å². The monoisotopic (exact) mass is 409 g/mol. The summed E-state index contributed by atoms with van der Waals surface area (Å²) in [6.45, 7) is 0. The lowest BCUT2D eigenvalue weighted by Crippen LogP contribution is -2.00. The van der Waals surface area contributed by atoms with E-state index in [1.54, 1.807) is 22.7 Å². The summed E-state index contributed by atoms with van der Waals surface area (Å²) in [7, 11) is 0. The molecule has 0 radical (unpaired) electrons. The minimum absolute atomic E-state index is 0.432. The first kappa shape index (κ1) is 16.4. The molecule has 0 aliphatic heterocycles.